The number of benzene rings is 2. The number of nitrogens with zero attached hydrogens (tertiary/aromatic N) is 3. The third-order valence-corrected chi connectivity index (χ3v) is 5.03. The van der Waals surface area contributed by atoms with Gasteiger partial charge in [0.05, 0.1) is 30.1 Å². The van der Waals surface area contributed by atoms with Gasteiger partial charge in [-0.25, -0.2) is 9.07 Å². The molecule has 3 aromatic rings. The largest absolute Gasteiger partial charge is 0.495 e. The Bertz CT molecular complexity index is 1090. The number of hydrogen-bond donors (Lipinski definition) is 1. The fourth-order valence-corrected chi connectivity index (χ4v) is 3.56. The standard InChI is InChI=1S/C22H21FN4O3/c1-14-11-20(27(25-14)17-9-7-16(23)8-10-17)24-22(29)15-12-21(28)26(13-15)18-5-3-4-6-19(18)30-2/h3-11,15H,12-13H2,1-2H3,(H,24,29). The van der Waals surface area contributed by atoms with E-state index in [0.717, 1.165) is 0 Å². The zero-order chi connectivity index (χ0) is 21.3. The summed E-state index contributed by atoms with van der Waals surface area (Å²) < 4.78 is 20.1. The SMILES string of the molecule is COc1ccccc1N1CC(C(=O)Nc2cc(C)nn2-c2ccc(F)cc2)CC1=O. The van der Waals surface area contributed by atoms with Gasteiger partial charge in [0.15, 0.2) is 0 Å². The second-order valence-electron chi connectivity index (χ2n) is 7.13. The number of rotatable bonds is 5. The third kappa shape index (κ3) is 3.76. The van der Waals surface area contributed by atoms with Crippen molar-refractivity contribution in [3.8, 4) is 11.4 Å². The maximum Gasteiger partial charge on any atom is 0.230 e. The van der Waals surface area contributed by atoms with Gasteiger partial charge in [-0.1, -0.05) is 12.1 Å². The van der Waals surface area contributed by atoms with Crippen molar-refractivity contribution in [2.75, 3.05) is 23.9 Å². The van der Waals surface area contributed by atoms with Crippen LogP contribution in [0.15, 0.2) is 54.6 Å². The molecule has 4 rings (SSSR count). The molecule has 8 heteroatoms. The molecule has 1 aliphatic rings. The minimum atomic E-state index is -0.515. The number of nitrogens with one attached hydrogen (secondary N) is 1. The van der Waals surface area contributed by atoms with Gasteiger partial charge in [0.25, 0.3) is 0 Å². The number of anilines is 2. The predicted molar refractivity (Wildman–Crippen MR) is 110 cm³/mol. The molecular weight excluding hydrogens is 387 g/mol. The van der Waals surface area contributed by atoms with Gasteiger partial charge >= 0.3 is 0 Å². The molecule has 7 nitrogen and oxygen atoms in total. The molecule has 0 bridgehead atoms. The van der Waals surface area contributed by atoms with Gasteiger partial charge in [-0.3, -0.25) is 9.59 Å². The topological polar surface area (TPSA) is 76.5 Å². The van der Waals surface area contributed by atoms with Crippen molar-refractivity contribution in [3.63, 3.8) is 0 Å². The van der Waals surface area contributed by atoms with Crippen LogP contribution in [0.25, 0.3) is 5.69 Å². The van der Waals surface area contributed by atoms with Crippen molar-refractivity contribution in [2.45, 2.75) is 13.3 Å². The van der Waals surface area contributed by atoms with E-state index in [9.17, 15) is 14.0 Å². The lowest BCUT2D eigenvalue weighted by molar-refractivity contribution is -0.122. The number of halogens is 1. The van der Waals surface area contributed by atoms with Crippen molar-refractivity contribution in [1.82, 2.24) is 9.78 Å². The van der Waals surface area contributed by atoms with Crippen LogP contribution in [0, 0.1) is 18.7 Å². The van der Waals surface area contributed by atoms with Gasteiger partial charge in [0.2, 0.25) is 11.8 Å². The number of carbonyl (C=O) groups is 2. The van der Waals surface area contributed by atoms with Crippen LogP contribution in [0.3, 0.4) is 0 Å². The summed E-state index contributed by atoms with van der Waals surface area (Å²) in [5.74, 6) is -0.232. The number of methoxy groups -OCH3 is 1. The van der Waals surface area contributed by atoms with Gasteiger partial charge in [-0.15, -0.1) is 0 Å². The number of carbonyl (C=O) groups excluding carboxylic acids is 2. The second-order valence-corrected chi connectivity index (χ2v) is 7.13. The van der Waals surface area contributed by atoms with E-state index in [-0.39, 0.29) is 30.6 Å². The lowest BCUT2D eigenvalue weighted by Gasteiger charge is -2.19. The maximum atomic E-state index is 13.2. The highest BCUT2D eigenvalue weighted by Crippen LogP contribution is 2.33. The van der Waals surface area contributed by atoms with Crippen molar-refractivity contribution in [3.05, 3.63) is 66.1 Å². The zero-order valence-corrected chi connectivity index (χ0v) is 16.6. The quantitative estimate of drug-likeness (QED) is 0.703. The minimum absolute atomic E-state index is 0.105. The fraction of sp³-hybridized carbons (Fsp3) is 0.227. The first-order valence-corrected chi connectivity index (χ1v) is 9.53. The Morgan fingerprint density at radius 2 is 1.93 bits per heavy atom. The van der Waals surface area contributed by atoms with E-state index >= 15 is 0 Å². The van der Waals surface area contributed by atoms with Crippen LogP contribution in [0.5, 0.6) is 5.75 Å². The molecule has 1 unspecified atom stereocenters. The molecule has 154 valence electrons. The van der Waals surface area contributed by atoms with Crippen LogP contribution in [-0.4, -0.2) is 35.2 Å². The number of amides is 2. The smallest absolute Gasteiger partial charge is 0.230 e. The Morgan fingerprint density at radius 3 is 2.67 bits per heavy atom. The van der Waals surface area contributed by atoms with Crippen LogP contribution >= 0.6 is 0 Å². The molecule has 2 heterocycles. The Labute approximate surface area is 173 Å². The molecule has 2 aromatic carbocycles. The zero-order valence-electron chi connectivity index (χ0n) is 16.6. The first kappa shape index (κ1) is 19.6. The summed E-state index contributed by atoms with van der Waals surface area (Å²) in [6, 6.07) is 14.8. The monoisotopic (exact) mass is 408 g/mol. The Kier molecular flexibility index (Phi) is 5.22. The highest BCUT2D eigenvalue weighted by atomic mass is 19.1. The van der Waals surface area contributed by atoms with E-state index in [2.05, 4.69) is 10.4 Å². The Hall–Kier alpha value is -3.68. The lowest BCUT2D eigenvalue weighted by atomic mass is 10.1. The number of aryl methyl sites for hydroxylation is 1. The molecular formula is C22H21FN4O3. The Balaban J connectivity index is 1.53. The van der Waals surface area contributed by atoms with Crippen molar-refractivity contribution in [1.29, 1.82) is 0 Å². The van der Waals surface area contributed by atoms with Gasteiger partial charge in [0, 0.05) is 19.0 Å². The van der Waals surface area contributed by atoms with E-state index in [1.807, 2.05) is 12.1 Å². The van der Waals surface area contributed by atoms with E-state index in [1.54, 1.807) is 53.9 Å². The van der Waals surface area contributed by atoms with Crippen LogP contribution in [-0.2, 0) is 9.59 Å². The van der Waals surface area contributed by atoms with E-state index < -0.39 is 5.92 Å². The first-order chi connectivity index (χ1) is 14.5. The molecule has 1 fully saturated rings. The van der Waals surface area contributed by atoms with Gasteiger partial charge < -0.3 is 15.0 Å². The van der Waals surface area contributed by atoms with Crippen LogP contribution < -0.4 is 15.0 Å². The summed E-state index contributed by atoms with van der Waals surface area (Å²) in [5, 5.41) is 7.24. The van der Waals surface area contributed by atoms with Gasteiger partial charge in [-0.05, 0) is 43.3 Å². The molecule has 2 amide bonds. The molecule has 1 N–H and O–H groups in total. The molecule has 1 aromatic heterocycles. The molecule has 1 saturated heterocycles. The fourth-order valence-electron chi connectivity index (χ4n) is 3.56. The van der Waals surface area contributed by atoms with Crippen LogP contribution in [0.2, 0.25) is 0 Å². The molecule has 0 aliphatic carbocycles. The van der Waals surface area contributed by atoms with E-state index in [4.69, 9.17) is 4.74 Å². The highest BCUT2D eigenvalue weighted by Gasteiger charge is 2.36. The number of ether oxygens (including phenoxy) is 1. The van der Waals surface area contributed by atoms with Crippen LogP contribution in [0.4, 0.5) is 15.9 Å². The first-order valence-electron chi connectivity index (χ1n) is 9.53. The summed E-state index contributed by atoms with van der Waals surface area (Å²) in [4.78, 5) is 27.1. The lowest BCUT2D eigenvalue weighted by Crippen LogP contribution is -2.28. The summed E-state index contributed by atoms with van der Waals surface area (Å²) in [7, 11) is 1.54. The number of para-hydroxylation sites is 2. The second kappa shape index (κ2) is 7.98. The highest BCUT2D eigenvalue weighted by molar-refractivity contribution is 6.04. The summed E-state index contributed by atoms with van der Waals surface area (Å²) in [6.45, 7) is 2.06. The van der Waals surface area contributed by atoms with Gasteiger partial charge in [-0.2, -0.15) is 5.10 Å². The van der Waals surface area contributed by atoms with E-state index in [1.165, 1.54) is 12.1 Å². The molecule has 30 heavy (non-hydrogen) atoms. The number of aromatic nitrogens is 2. The molecule has 1 atom stereocenters. The van der Waals surface area contributed by atoms with Crippen molar-refractivity contribution in [2.24, 2.45) is 5.92 Å². The molecule has 0 radical (unpaired) electrons. The molecule has 0 spiro atoms. The van der Waals surface area contributed by atoms with Crippen molar-refractivity contribution < 1.29 is 18.7 Å². The average molecular weight is 408 g/mol. The van der Waals surface area contributed by atoms with Crippen molar-refractivity contribution >= 4 is 23.3 Å². The maximum absolute atomic E-state index is 13.2. The predicted octanol–water partition coefficient (Wildman–Crippen LogP) is 3.32. The Morgan fingerprint density at radius 1 is 1.20 bits per heavy atom. The van der Waals surface area contributed by atoms with Gasteiger partial charge in [0.1, 0.15) is 17.4 Å². The molecule has 0 saturated carbocycles. The normalized spacial score (nSPS) is 16.0. The third-order valence-electron chi connectivity index (χ3n) is 5.03. The summed E-state index contributed by atoms with van der Waals surface area (Å²) in [5.41, 5.74) is 1.97. The minimum Gasteiger partial charge on any atom is -0.495 e. The summed E-state index contributed by atoms with van der Waals surface area (Å²) in [6.07, 6.45) is 0.105. The molecule has 1 aliphatic heterocycles. The summed E-state index contributed by atoms with van der Waals surface area (Å²) >= 11 is 0. The number of hydrogen-bond acceptors (Lipinski definition) is 4. The van der Waals surface area contributed by atoms with E-state index in [0.29, 0.717) is 28.6 Å². The average Bonchev–Trinajstić information content (AvgIpc) is 3.31. The van der Waals surface area contributed by atoms with Crippen LogP contribution in [0.1, 0.15) is 12.1 Å².